The summed E-state index contributed by atoms with van der Waals surface area (Å²) in [6.45, 7) is 5.61. The maximum absolute atomic E-state index is 13.0. The average Bonchev–Trinajstić information content (AvgIpc) is 3.24. The molecule has 1 aromatic rings. The molecule has 1 aliphatic carbocycles. The molecule has 2 aliphatic rings. The van der Waals surface area contributed by atoms with Crippen LogP contribution in [0.5, 0.6) is 0 Å². The minimum absolute atomic E-state index is 0.0218. The first-order chi connectivity index (χ1) is 11.5. The molecule has 4 nitrogen and oxygen atoms in total. The number of benzene rings is 1. The van der Waals surface area contributed by atoms with Gasteiger partial charge in [0.2, 0.25) is 5.91 Å². The van der Waals surface area contributed by atoms with E-state index in [9.17, 15) is 9.59 Å². The SMILES string of the molecule is CCC(C)C(=O)Nc1ccccc1C(=O)N1CCC2(CCCC2)C1. The van der Waals surface area contributed by atoms with Crippen LogP contribution in [0.4, 0.5) is 5.69 Å². The number of hydrogen-bond donors (Lipinski definition) is 1. The van der Waals surface area contributed by atoms with E-state index in [0.29, 0.717) is 16.7 Å². The Labute approximate surface area is 144 Å². The van der Waals surface area contributed by atoms with Crippen LogP contribution >= 0.6 is 0 Å². The molecule has 1 spiro atoms. The van der Waals surface area contributed by atoms with E-state index in [1.807, 2.05) is 43.0 Å². The van der Waals surface area contributed by atoms with Gasteiger partial charge in [-0.15, -0.1) is 0 Å². The second-order valence-electron chi connectivity index (χ2n) is 7.53. The van der Waals surface area contributed by atoms with Crippen LogP contribution in [-0.4, -0.2) is 29.8 Å². The molecule has 1 saturated heterocycles. The quantitative estimate of drug-likeness (QED) is 0.905. The van der Waals surface area contributed by atoms with Gasteiger partial charge in [-0.3, -0.25) is 9.59 Å². The maximum atomic E-state index is 13.0. The largest absolute Gasteiger partial charge is 0.338 e. The molecule has 1 saturated carbocycles. The van der Waals surface area contributed by atoms with Crippen molar-refractivity contribution in [2.45, 2.75) is 52.4 Å². The highest BCUT2D eigenvalue weighted by Gasteiger charge is 2.42. The van der Waals surface area contributed by atoms with Crippen molar-refractivity contribution in [2.75, 3.05) is 18.4 Å². The number of nitrogens with zero attached hydrogens (tertiary/aromatic N) is 1. The van der Waals surface area contributed by atoms with Crippen LogP contribution in [0.2, 0.25) is 0 Å². The van der Waals surface area contributed by atoms with Gasteiger partial charge in [-0.2, -0.15) is 0 Å². The highest BCUT2D eigenvalue weighted by molar-refractivity contribution is 6.04. The zero-order valence-corrected chi connectivity index (χ0v) is 14.8. The molecule has 4 heteroatoms. The Hall–Kier alpha value is -1.84. The van der Waals surface area contributed by atoms with Crippen LogP contribution in [-0.2, 0) is 4.79 Å². The predicted octanol–water partition coefficient (Wildman–Crippen LogP) is 4.08. The Bertz CT molecular complexity index is 620. The van der Waals surface area contributed by atoms with Crippen molar-refractivity contribution in [3.05, 3.63) is 29.8 Å². The maximum Gasteiger partial charge on any atom is 0.255 e. The molecule has 1 unspecified atom stereocenters. The lowest BCUT2D eigenvalue weighted by Gasteiger charge is -2.24. The third-order valence-electron chi connectivity index (χ3n) is 5.87. The van der Waals surface area contributed by atoms with Gasteiger partial charge in [0.15, 0.2) is 0 Å². The molecule has 1 aromatic carbocycles. The van der Waals surface area contributed by atoms with Crippen molar-refractivity contribution in [1.29, 1.82) is 0 Å². The normalized spacial score (nSPS) is 20.3. The fourth-order valence-electron chi connectivity index (χ4n) is 4.03. The van der Waals surface area contributed by atoms with Crippen LogP contribution in [0, 0.1) is 11.3 Å². The fourth-order valence-corrected chi connectivity index (χ4v) is 4.03. The van der Waals surface area contributed by atoms with E-state index in [2.05, 4.69) is 5.32 Å². The summed E-state index contributed by atoms with van der Waals surface area (Å²) in [5.41, 5.74) is 1.62. The standard InChI is InChI=1S/C20H28N2O2/c1-3-15(2)18(23)21-17-9-5-4-8-16(17)19(24)22-13-12-20(14-22)10-6-7-11-20/h4-5,8-9,15H,3,6-7,10-14H2,1-2H3,(H,21,23). The van der Waals surface area contributed by atoms with Gasteiger partial charge in [0, 0.05) is 19.0 Å². The van der Waals surface area contributed by atoms with Crippen molar-refractivity contribution in [3.8, 4) is 0 Å². The lowest BCUT2D eigenvalue weighted by atomic mass is 9.86. The summed E-state index contributed by atoms with van der Waals surface area (Å²) in [5, 5.41) is 2.94. The second kappa shape index (κ2) is 6.96. The van der Waals surface area contributed by atoms with Gasteiger partial charge in [0.1, 0.15) is 0 Å². The van der Waals surface area contributed by atoms with Crippen LogP contribution in [0.1, 0.15) is 62.7 Å². The van der Waals surface area contributed by atoms with Crippen molar-refractivity contribution >= 4 is 17.5 Å². The Kier molecular flexibility index (Phi) is 4.93. The highest BCUT2D eigenvalue weighted by Crippen LogP contribution is 2.45. The summed E-state index contributed by atoms with van der Waals surface area (Å²) in [6, 6.07) is 7.39. The Morgan fingerprint density at radius 1 is 1.21 bits per heavy atom. The monoisotopic (exact) mass is 328 g/mol. The lowest BCUT2D eigenvalue weighted by molar-refractivity contribution is -0.119. The van der Waals surface area contributed by atoms with E-state index < -0.39 is 0 Å². The number of carbonyl (C=O) groups excluding carboxylic acids is 2. The summed E-state index contributed by atoms with van der Waals surface area (Å²) in [4.78, 5) is 27.2. The van der Waals surface area contributed by atoms with Crippen molar-refractivity contribution < 1.29 is 9.59 Å². The van der Waals surface area contributed by atoms with Crippen molar-refractivity contribution in [1.82, 2.24) is 4.90 Å². The Morgan fingerprint density at radius 2 is 1.92 bits per heavy atom. The first-order valence-electron chi connectivity index (χ1n) is 9.24. The molecule has 1 aliphatic heterocycles. The number of carbonyl (C=O) groups is 2. The third kappa shape index (κ3) is 3.33. The Morgan fingerprint density at radius 3 is 2.62 bits per heavy atom. The number of nitrogens with one attached hydrogen (secondary N) is 1. The topological polar surface area (TPSA) is 49.4 Å². The van der Waals surface area contributed by atoms with Crippen LogP contribution in [0.15, 0.2) is 24.3 Å². The second-order valence-corrected chi connectivity index (χ2v) is 7.53. The predicted molar refractivity (Wildman–Crippen MR) is 95.9 cm³/mol. The molecule has 24 heavy (non-hydrogen) atoms. The van der Waals surface area contributed by atoms with E-state index in [1.165, 1.54) is 25.7 Å². The summed E-state index contributed by atoms with van der Waals surface area (Å²) < 4.78 is 0. The van der Waals surface area contributed by atoms with Crippen molar-refractivity contribution in [2.24, 2.45) is 11.3 Å². The number of amides is 2. The number of para-hydroxylation sites is 1. The number of likely N-dealkylation sites (tertiary alicyclic amines) is 1. The molecule has 0 radical (unpaired) electrons. The van der Waals surface area contributed by atoms with Gasteiger partial charge in [0.25, 0.3) is 5.91 Å². The van der Waals surface area contributed by atoms with E-state index in [-0.39, 0.29) is 17.7 Å². The minimum atomic E-state index is -0.0540. The summed E-state index contributed by atoms with van der Waals surface area (Å²) in [6.07, 6.45) is 7.01. The first-order valence-corrected chi connectivity index (χ1v) is 9.24. The average molecular weight is 328 g/mol. The summed E-state index contributed by atoms with van der Waals surface area (Å²) in [5.74, 6) is -0.0213. The number of hydrogen-bond acceptors (Lipinski definition) is 2. The van der Waals surface area contributed by atoms with Gasteiger partial charge in [0.05, 0.1) is 11.3 Å². The van der Waals surface area contributed by atoms with Gasteiger partial charge in [-0.1, -0.05) is 38.8 Å². The van der Waals surface area contributed by atoms with Gasteiger partial charge >= 0.3 is 0 Å². The van der Waals surface area contributed by atoms with Gasteiger partial charge < -0.3 is 10.2 Å². The van der Waals surface area contributed by atoms with E-state index in [0.717, 1.165) is 25.9 Å². The molecule has 2 amide bonds. The molecular weight excluding hydrogens is 300 g/mol. The molecular formula is C20H28N2O2. The highest BCUT2D eigenvalue weighted by atomic mass is 16.2. The number of anilines is 1. The fraction of sp³-hybridized carbons (Fsp3) is 0.600. The molecule has 1 heterocycles. The summed E-state index contributed by atoms with van der Waals surface area (Å²) >= 11 is 0. The molecule has 130 valence electrons. The molecule has 0 bridgehead atoms. The van der Waals surface area contributed by atoms with Crippen LogP contribution < -0.4 is 5.32 Å². The molecule has 2 fully saturated rings. The number of rotatable bonds is 4. The van der Waals surface area contributed by atoms with Crippen LogP contribution in [0.3, 0.4) is 0 Å². The van der Waals surface area contributed by atoms with Crippen molar-refractivity contribution in [3.63, 3.8) is 0 Å². The smallest absolute Gasteiger partial charge is 0.255 e. The first kappa shape index (κ1) is 17.0. The third-order valence-corrected chi connectivity index (χ3v) is 5.87. The Balaban J connectivity index is 1.75. The van der Waals surface area contributed by atoms with E-state index in [4.69, 9.17) is 0 Å². The molecule has 1 atom stereocenters. The van der Waals surface area contributed by atoms with E-state index in [1.54, 1.807) is 0 Å². The molecule has 1 N–H and O–H groups in total. The van der Waals surface area contributed by atoms with E-state index >= 15 is 0 Å². The minimum Gasteiger partial charge on any atom is -0.338 e. The summed E-state index contributed by atoms with van der Waals surface area (Å²) in [7, 11) is 0. The zero-order valence-electron chi connectivity index (χ0n) is 14.8. The molecule has 3 rings (SSSR count). The molecule has 0 aromatic heterocycles. The van der Waals surface area contributed by atoms with Crippen LogP contribution in [0.25, 0.3) is 0 Å². The van der Waals surface area contributed by atoms with Gasteiger partial charge in [-0.05, 0) is 43.2 Å². The van der Waals surface area contributed by atoms with Gasteiger partial charge in [-0.25, -0.2) is 0 Å². The lowest BCUT2D eigenvalue weighted by Crippen LogP contribution is -2.32. The zero-order chi connectivity index (χ0) is 17.2.